The lowest BCUT2D eigenvalue weighted by molar-refractivity contribution is -0.125. The maximum atomic E-state index is 6.42. The van der Waals surface area contributed by atoms with Crippen LogP contribution in [0.15, 0.2) is 36.8 Å². The predicted molar refractivity (Wildman–Crippen MR) is 122 cm³/mol. The minimum Gasteiger partial charge on any atom is -0.494 e. The molecular weight excluding hydrogens is 390 g/mol. The van der Waals surface area contributed by atoms with Gasteiger partial charge in [-0.05, 0) is 49.4 Å². The molecule has 3 atom stereocenters. The lowest BCUT2D eigenvalue weighted by Gasteiger charge is -2.53. The zero-order chi connectivity index (χ0) is 21.6. The average Bonchev–Trinajstić information content (AvgIpc) is 3.12. The van der Waals surface area contributed by atoms with Crippen LogP contribution in [0.25, 0.3) is 10.9 Å². The zero-order valence-electron chi connectivity index (χ0n) is 18.8. The molecule has 0 unspecified atom stereocenters. The summed E-state index contributed by atoms with van der Waals surface area (Å²) in [5, 5.41) is 4.75. The summed E-state index contributed by atoms with van der Waals surface area (Å²) in [6.45, 7) is 1.90. The Kier molecular flexibility index (Phi) is 5.10. The number of nitrogens with zero attached hydrogens (tertiary/aromatic N) is 4. The SMILES string of the molecule is COc1cnc(NCC[C@H]2CN(C)[C@@H]3Cc4cn(C)c5cccc(c45)[C@@]3(OC)C2)nc1. The number of anilines is 1. The Labute approximate surface area is 183 Å². The van der Waals surface area contributed by atoms with Crippen molar-refractivity contribution in [1.29, 1.82) is 0 Å². The molecule has 3 aromatic rings. The molecule has 1 aliphatic carbocycles. The van der Waals surface area contributed by atoms with Gasteiger partial charge < -0.3 is 19.4 Å². The average molecular weight is 422 g/mol. The first-order valence-corrected chi connectivity index (χ1v) is 11.0. The van der Waals surface area contributed by atoms with Gasteiger partial charge in [-0.2, -0.15) is 0 Å². The summed E-state index contributed by atoms with van der Waals surface area (Å²) in [6.07, 6.45) is 8.77. The standard InChI is InChI=1S/C24H31N5O2/c1-28-15-17-10-21-24(31-4,19-6-5-7-20(28)22(17)19)11-16(14-29(21)2)8-9-25-23-26-12-18(30-3)13-27-23/h5-7,12-13,15-16,21H,8-11,14H2,1-4H3,(H,25,26,27)/t16-,21-,24+/m1/s1. The molecule has 0 saturated carbocycles. The maximum absolute atomic E-state index is 6.42. The number of methoxy groups -OCH3 is 2. The van der Waals surface area contributed by atoms with Gasteiger partial charge in [0, 0.05) is 50.4 Å². The minimum atomic E-state index is -0.276. The number of rotatable bonds is 6. The second kappa shape index (κ2) is 7.80. The third kappa shape index (κ3) is 3.27. The van der Waals surface area contributed by atoms with E-state index in [1.54, 1.807) is 19.5 Å². The van der Waals surface area contributed by atoms with Crippen molar-refractivity contribution in [1.82, 2.24) is 19.4 Å². The van der Waals surface area contributed by atoms with Gasteiger partial charge in [-0.3, -0.25) is 4.90 Å². The molecule has 164 valence electrons. The predicted octanol–water partition coefficient (Wildman–Crippen LogP) is 3.20. The number of benzene rings is 1. The highest BCUT2D eigenvalue weighted by molar-refractivity contribution is 5.89. The summed E-state index contributed by atoms with van der Waals surface area (Å²) in [7, 11) is 7.90. The van der Waals surface area contributed by atoms with Gasteiger partial charge in [-0.25, -0.2) is 9.97 Å². The second-order valence-corrected chi connectivity index (χ2v) is 8.95. The Morgan fingerprint density at radius 2 is 2.00 bits per heavy atom. The van der Waals surface area contributed by atoms with Crippen molar-refractivity contribution in [3.05, 3.63) is 47.9 Å². The van der Waals surface area contributed by atoms with E-state index in [4.69, 9.17) is 9.47 Å². The van der Waals surface area contributed by atoms with Crippen LogP contribution < -0.4 is 10.1 Å². The van der Waals surface area contributed by atoms with E-state index in [2.05, 4.69) is 63.2 Å². The van der Waals surface area contributed by atoms with Crippen molar-refractivity contribution >= 4 is 16.9 Å². The normalized spacial score (nSPS) is 25.4. The molecule has 1 aromatic carbocycles. The van der Waals surface area contributed by atoms with Gasteiger partial charge in [0.25, 0.3) is 0 Å². The molecule has 5 rings (SSSR count). The zero-order valence-corrected chi connectivity index (χ0v) is 18.8. The highest BCUT2D eigenvalue weighted by Crippen LogP contribution is 2.50. The van der Waals surface area contributed by atoms with Crippen LogP contribution in [0.1, 0.15) is 24.0 Å². The van der Waals surface area contributed by atoms with E-state index < -0.39 is 0 Å². The lowest BCUT2D eigenvalue weighted by atomic mass is 9.68. The molecule has 3 heterocycles. The Balaban J connectivity index is 1.37. The van der Waals surface area contributed by atoms with Crippen LogP contribution in [0.5, 0.6) is 5.75 Å². The number of aromatic nitrogens is 3. The smallest absolute Gasteiger partial charge is 0.222 e. The lowest BCUT2D eigenvalue weighted by Crippen LogP contribution is -2.59. The highest BCUT2D eigenvalue weighted by Gasteiger charge is 2.51. The molecule has 7 heteroatoms. The second-order valence-electron chi connectivity index (χ2n) is 8.95. The third-order valence-corrected chi connectivity index (χ3v) is 7.23. The van der Waals surface area contributed by atoms with Crippen molar-refractivity contribution in [2.24, 2.45) is 13.0 Å². The first kappa shape index (κ1) is 20.3. The van der Waals surface area contributed by atoms with Gasteiger partial charge in [0.05, 0.1) is 19.5 Å². The minimum absolute atomic E-state index is 0.276. The summed E-state index contributed by atoms with van der Waals surface area (Å²) in [4.78, 5) is 11.1. The Morgan fingerprint density at radius 3 is 2.74 bits per heavy atom. The van der Waals surface area contributed by atoms with Crippen molar-refractivity contribution in [2.75, 3.05) is 39.7 Å². The van der Waals surface area contributed by atoms with Crippen molar-refractivity contribution in [3.8, 4) is 5.75 Å². The van der Waals surface area contributed by atoms with Gasteiger partial charge in [-0.15, -0.1) is 0 Å². The van der Waals surface area contributed by atoms with E-state index >= 15 is 0 Å². The van der Waals surface area contributed by atoms with E-state index in [1.165, 1.54) is 22.0 Å². The van der Waals surface area contributed by atoms with E-state index in [-0.39, 0.29) is 5.60 Å². The molecule has 0 spiro atoms. The van der Waals surface area contributed by atoms with Gasteiger partial charge in [0.2, 0.25) is 5.95 Å². The fraction of sp³-hybridized carbons (Fsp3) is 0.500. The fourth-order valence-corrected chi connectivity index (χ4v) is 5.81. The molecule has 1 aliphatic heterocycles. The Hall–Kier alpha value is -2.64. The number of hydrogen-bond acceptors (Lipinski definition) is 6. The number of aryl methyl sites for hydroxylation is 1. The van der Waals surface area contributed by atoms with Gasteiger partial charge in [0.1, 0.15) is 5.60 Å². The first-order chi connectivity index (χ1) is 15.1. The third-order valence-electron chi connectivity index (χ3n) is 7.23. The Morgan fingerprint density at radius 1 is 1.19 bits per heavy atom. The van der Waals surface area contributed by atoms with Crippen LogP contribution in [0, 0.1) is 5.92 Å². The van der Waals surface area contributed by atoms with Crippen LogP contribution in [-0.4, -0.2) is 59.8 Å². The monoisotopic (exact) mass is 421 g/mol. The number of likely N-dealkylation sites (tertiary alicyclic amines) is 1. The fourth-order valence-electron chi connectivity index (χ4n) is 5.81. The van der Waals surface area contributed by atoms with Crippen molar-refractivity contribution in [3.63, 3.8) is 0 Å². The quantitative estimate of drug-likeness (QED) is 0.660. The molecule has 0 amide bonds. The molecule has 1 fully saturated rings. The van der Waals surface area contributed by atoms with Crippen LogP contribution >= 0.6 is 0 Å². The topological polar surface area (TPSA) is 64.4 Å². The molecule has 2 aliphatic rings. The first-order valence-electron chi connectivity index (χ1n) is 11.0. The van der Waals surface area contributed by atoms with Crippen LogP contribution in [0.3, 0.4) is 0 Å². The molecular formula is C24H31N5O2. The van der Waals surface area contributed by atoms with Crippen molar-refractivity contribution < 1.29 is 9.47 Å². The molecule has 0 radical (unpaired) electrons. The maximum Gasteiger partial charge on any atom is 0.222 e. The largest absolute Gasteiger partial charge is 0.494 e. The number of fused-ring (bicyclic) bond motifs is 2. The number of hydrogen-bond donors (Lipinski definition) is 1. The molecule has 7 nitrogen and oxygen atoms in total. The van der Waals surface area contributed by atoms with Crippen molar-refractivity contribution in [2.45, 2.75) is 30.9 Å². The van der Waals surface area contributed by atoms with E-state index in [0.717, 1.165) is 32.4 Å². The summed E-state index contributed by atoms with van der Waals surface area (Å²) in [5.74, 6) is 1.83. The molecule has 0 bridgehead atoms. The van der Waals surface area contributed by atoms with E-state index in [1.807, 2.05) is 7.11 Å². The van der Waals surface area contributed by atoms with Gasteiger partial charge in [0.15, 0.2) is 5.75 Å². The highest BCUT2D eigenvalue weighted by atomic mass is 16.5. The number of likely N-dealkylation sites (N-methyl/N-ethyl adjacent to an activating group) is 1. The molecule has 1 saturated heterocycles. The molecule has 2 aromatic heterocycles. The van der Waals surface area contributed by atoms with E-state index in [9.17, 15) is 0 Å². The summed E-state index contributed by atoms with van der Waals surface area (Å²) in [5.41, 5.74) is 3.81. The van der Waals surface area contributed by atoms with Crippen LogP contribution in [0.4, 0.5) is 5.95 Å². The number of nitrogens with one attached hydrogen (secondary N) is 1. The van der Waals surface area contributed by atoms with Crippen LogP contribution in [0.2, 0.25) is 0 Å². The van der Waals surface area contributed by atoms with Gasteiger partial charge >= 0.3 is 0 Å². The number of ether oxygens (including phenoxy) is 2. The number of piperidine rings is 1. The summed E-state index contributed by atoms with van der Waals surface area (Å²) >= 11 is 0. The Bertz CT molecular complexity index is 1080. The summed E-state index contributed by atoms with van der Waals surface area (Å²) in [6, 6.07) is 7.03. The summed E-state index contributed by atoms with van der Waals surface area (Å²) < 4.78 is 13.8. The van der Waals surface area contributed by atoms with Gasteiger partial charge in [-0.1, -0.05) is 12.1 Å². The van der Waals surface area contributed by atoms with E-state index in [0.29, 0.717) is 23.7 Å². The molecule has 31 heavy (non-hydrogen) atoms. The molecule has 1 N–H and O–H groups in total. The van der Waals surface area contributed by atoms with Crippen LogP contribution in [-0.2, 0) is 23.8 Å².